The Bertz CT molecular complexity index is 1080. The average Bonchev–Trinajstić information content (AvgIpc) is 3.14. The van der Waals surface area contributed by atoms with E-state index in [4.69, 9.17) is 34.8 Å². The van der Waals surface area contributed by atoms with E-state index in [1.807, 2.05) is 17.9 Å². The van der Waals surface area contributed by atoms with Gasteiger partial charge in [0.2, 0.25) is 17.8 Å². The molecule has 1 aromatic carbocycles. The van der Waals surface area contributed by atoms with E-state index in [-0.39, 0.29) is 17.9 Å². The Kier molecular flexibility index (Phi) is 6.88. The molecule has 0 radical (unpaired) electrons. The van der Waals surface area contributed by atoms with Gasteiger partial charge in [-0.3, -0.25) is 9.59 Å². The molecule has 33 heavy (non-hydrogen) atoms. The van der Waals surface area contributed by atoms with Crippen LogP contribution >= 0.6 is 34.8 Å². The molecule has 11 heteroatoms. The number of anilines is 2. The van der Waals surface area contributed by atoms with E-state index in [2.05, 4.69) is 20.6 Å². The Morgan fingerprint density at radius 3 is 2.55 bits per heavy atom. The van der Waals surface area contributed by atoms with E-state index in [9.17, 15) is 9.59 Å². The molecule has 2 aliphatic heterocycles. The van der Waals surface area contributed by atoms with Gasteiger partial charge < -0.3 is 20.4 Å². The molecule has 2 amide bonds. The number of aromatic nitrogens is 2. The molecule has 2 aromatic rings. The van der Waals surface area contributed by atoms with Crippen molar-refractivity contribution in [2.75, 3.05) is 36.4 Å². The third-order valence-corrected chi connectivity index (χ3v) is 6.94. The molecule has 3 heterocycles. The number of piperazine rings is 1. The normalized spacial score (nSPS) is 21.7. The fourth-order valence-electron chi connectivity index (χ4n) is 4.16. The second-order valence-corrected chi connectivity index (χ2v) is 9.81. The highest BCUT2D eigenvalue weighted by molar-refractivity contribution is 6.35. The molecule has 2 saturated heterocycles. The molecule has 8 nitrogen and oxygen atoms in total. The first kappa shape index (κ1) is 23.9. The number of nitrogens with one attached hydrogen (secondary N) is 2. The van der Waals surface area contributed by atoms with Gasteiger partial charge >= 0.3 is 0 Å². The SMILES string of the molecule is C[C@@H](Nc1nc(N2CCN(C(=O)[C@@]3(C)CCC(=O)N3)CC2)ncc1Cl)c1ccc(Cl)cc1Cl. The second-order valence-electron chi connectivity index (χ2n) is 8.56. The molecule has 2 N–H and O–H groups in total. The van der Waals surface area contributed by atoms with Gasteiger partial charge in [-0.2, -0.15) is 4.98 Å². The average molecular weight is 512 g/mol. The summed E-state index contributed by atoms with van der Waals surface area (Å²) in [5.41, 5.74) is 0.0588. The van der Waals surface area contributed by atoms with E-state index < -0.39 is 5.54 Å². The fraction of sp³-hybridized carbons (Fsp3) is 0.455. The monoisotopic (exact) mass is 510 g/mol. The van der Waals surface area contributed by atoms with E-state index in [0.717, 1.165) is 5.56 Å². The minimum Gasteiger partial charge on any atom is -0.362 e. The first-order chi connectivity index (χ1) is 15.7. The molecule has 2 aliphatic rings. The van der Waals surface area contributed by atoms with Crippen LogP contribution in [0.15, 0.2) is 24.4 Å². The van der Waals surface area contributed by atoms with Gasteiger partial charge in [0.15, 0.2) is 5.82 Å². The molecule has 0 aliphatic carbocycles. The van der Waals surface area contributed by atoms with Crippen LogP contribution in [0.5, 0.6) is 0 Å². The van der Waals surface area contributed by atoms with Gasteiger partial charge in [-0.25, -0.2) is 4.98 Å². The smallest absolute Gasteiger partial charge is 0.248 e. The van der Waals surface area contributed by atoms with Gasteiger partial charge in [-0.1, -0.05) is 40.9 Å². The first-order valence-electron chi connectivity index (χ1n) is 10.8. The predicted octanol–water partition coefficient (Wildman–Crippen LogP) is 3.93. The fourth-order valence-corrected chi connectivity index (χ4v) is 4.88. The summed E-state index contributed by atoms with van der Waals surface area (Å²) in [6.07, 6.45) is 2.47. The summed E-state index contributed by atoms with van der Waals surface area (Å²) < 4.78 is 0. The molecule has 1 aromatic heterocycles. The summed E-state index contributed by atoms with van der Waals surface area (Å²) in [7, 11) is 0. The molecule has 0 spiro atoms. The van der Waals surface area contributed by atoms with Crippen LogP contribution in [0, 0.1) is 0 Å². The van der Waals surface area contributed by atoms with Crippen LogP contribution in [0.2, 0.25) is 15.1 Å². The van der Waals surface area contributed by atoms with Crippen LogP contribution in [0.3, 0.4) is 0 Å². The van der Waals surface area contributed by atoms with Gasteiger partial charge in [0.05, 0.1) is 12.2 Å². The van der Waals surface area contributed by atoms with E-state index in [1.54, 1.807) is 30.2 Å². The van der Waals surface area contributed by atoms with Gasteiger partial charge in [0.25, 0.3) is 0 Å². The highest BCUT2D eigenvalue weighted by atomic mass is 35.5. The molecule has 0 unspecified atom stereocenters. The molecular weight excluding hydrogens is 487 g/mol. The zero-order chi connectivity index (χ0) is 23.8. The Balaban J connectivity index is 1.42. The summed E-state index contributed by atoms with van der Waals surface area (Å²) >= 11 is 18.7. The van der Waals surface area contributed by atoms with Crippen molar-refractivity contribution in [2.45, 2.75) is 38.3 Å². The summed E-state index contributed by atoms with van der Waals surface area (Å²) in [5.74, 6) is 0.915. The van der Waals surface area contributed by atoms with Gasteiger partial charge in [-0.15, -0.1) is 0 Å². The number of nitrogens with zero attached hydrogens (tertiary/aromatic N) is 4. The number of carbonyl (C=O) groups is 2. The van der Waals surface area contributed by atoms with E-state index in [0.29, 0.717) is 65.9 Å². The predicted molar refractivity (Wildman–Crippen MR) is 130 cm³/mol. The third kappa shape index (κ3) is 5.13. The number of carbonyl (C=O) groups excluding carboxylic acids is 2. The van der Waals surface area contributed by atoms with Crippen LogP contribution in [-0.4, -0.2) is 58.4 Å². The van der Waals surface area contributed by atoms with Crippen molar-refractivity contribution < 1.29 is 9.59 Å². The van der Waals surface area contributed by atoms with Crippen molar-refractivity contribution in [2.24, 2.45) is 0 Å². The summed E-state index contributed by atoms with van der Waals surface area (Å²) in [6.45, 7) is 5.96. The Morgan fingerprint density at radius 2 is 1.91 bits per heavy atom. The molecule has 4 rings (SSSR count). The van der Waals surface area contributed by atoms with Crippen LogP contribution in [-0.2, 0) is 9.59 Å². The summed E-state index contributed by atoms with van der Waals surface area (Å²) in [5, 5.41) is 7.64. The third-order valence-electron chi connectivity index (χ3n) is 6.10. The minimum atomic E-state index is -0.813. The van der Waals surface area contributed by atoms with Crippen molar-refractivity contribution >= 4 is 58.4 Å². The number of hydrogen-bond donors (Lipinski definition) is 2. The number of benzene rings is 1. The van der Waals surface area contributed by atoms with Gasteiger partial charge in [0.1, 0.15) is 10.6 Å². The van der Waals surface area contributed by atoms with Gasteiger partial charge in [0, 0.05) is 42.6 Å². The van der Waals surface area contributed by atoms with Crippen molar-refractivity contribution in [3.05, 3.63) is 45.0 Å². The maximum absolute atomic E-state index is 12.9. The topological polar surface area (TPSA) is 90.5 Å². The minimum absolute atomic E-state index is 0.0407. The van der Waals surface area contributed by atoms with Crippen LogP contribution in [0.25, 0.3) is 0 Å². The van der Waals surface area contributed by atoms with Crippen molar-refractivity contribution in [1.29, 1.82) is 0 Å². The second kappa shape index (κ2) is 9.52. The number of hydrogen-bond acceptors (Lipinski definition) is 6. The molecule has 176 valence electrons. The lowest BCUT2D eigenvalue weighted by molar-refractivity contribution is -0.138. The summed E-state index contributed by atoms with van der Waals surface area (Å²) in [6, 6.07) is 5.18. The van der Waals surface area contributed by atoms with Gasteiger partial charge in [-0.05, 0) is 38.0 Å². The highest BCUT2D eigenvalue weighted by Crippen LogP contribution is 2.31. The molecule has 2 atom stereocenters. The maximum Gasteiger partial charge on any atom is 0.248 e. The van der Waals surface area contributed by atoms with Crippen LogP contribution in [0.1, 0.15) is 38.3 Å². The maximum atomic E-state index is 12.9. The van der Waals surface area contributed by atoms with Crippen LogP contribution in [0.4, 0.5) is 11.8 Å². The highest BCUT2D eigenvalue weighted by Gasteiger charge is 2.43. The Labute approximate surface area is 207 Å². The lowest BCUT2D eigenvalue weighted by atomic mass is 9.98. The standard InChI is InChI=1S/C22H25Cl3N6O2/c1-13(15-4-3-14(23)11-16(15)24)27-19-17(25)12-26-21(28-19)31-9-7-30(8-10-31)20(33)22(2)6-5-18(32)29-22/h3-4,11-13H,5-10H2,1-2H3,(H,29,32)(H,26,27,28)/t13-,22-/m1/s1. The van der Waals surface area contributed by atoms with E-state index >= 15 is 0 Å². The summed E-state index contributed by atoms with van der Waals surface area (Å²) in [4.78, 5) is 37.3. The number of rotatable bonds is 5. The zero-order valence-corrected chi connectivity index (χ0v) is 20.6. The zero-order valence-electron chi connectivity index (χ0n) is 18.4. The Morgan fingerprint density at radius 1 is 1.18 bits per heavy atom. The Hall–Kier alpha value is -2.29. The largest absolute Gasteiger partial charge is 0.362 e. The number of halogens is 3. The first-order valence-corrected chi connectivity index (χ1v) is 11.9. The number of amides is 2. The lowest BCUT2D eigenvalue weighted by Gasteiger charge is -2.38. The molecule has 2 fully saturated rings. The van der Waals surface area contributed by atoms with Crippen molar-refractivity contribution in [1.82, 2.24) is 20.2 Å². The molecule has 0 saturated carbocycles. The van der Waals surface area contributed by atoms with Crippen molar-refractivity contribution in [3.63, 3.8) is 0 Å². The van der Waals surface area contributed by atoms with Crippen molar-refractivity contribution in [3.8, 4) is 0 Å². The lowest BCUT2D eigenvalue weighted by Crippen LogP contribution is -2.58. The molecule has 0 bridgehead atoms. The van der Waals surface area contributed by atoms with E-state index in [1.165, 1.54) is 0 Å². The molecular formula is C22H25Cl3N6O2. The van der Waals surface area contributed by atoms with Crippen LogP contribution < -0.4 is 15.5 Å². The quantitative estimate of drug-likeness (QED) is 0.632.